The van der Waals surface area contributed by atoms with Gasteiger partial charge in [-0.15, -0.1) is 0 Å². The summed E-state index contributed by atoms with van der Waals surface area (Å²) < 4.78 is 0. The van der Waals surface area contributed by atoms with E-state index in [4.69, 9.17) is 17.3 Å². The van der Waals surface area contributed by atoms with Crippen LogP contribution in [0.5, 0.6) is 0 Å². The van der Waals surface area contributed by atoms with Gasteiger partial charge in [-0.1, -0.05) is 11.6 Å². The van der Waals surface area contributed by atoms with Crippen molar-refractivity contribution in [3.63, 3.8) is 0 Å². The highest BCUT2D eigenvalue weighted by molar-refractivity contribution is 6.34. The molecule has 1 aromatic rings. The highest BCUT2D eigenvalue weighted by Crippen LogP contribution is 2.31. The van der Waals surface area contributed by atoms with Gasteiger partial charge in [0.1, 0.15) is 0 Å². The van der Waals surface area contributed by atoms with Crippen molar-refractivity contribution in [2.24, 2.45) is 0 Å². The maximum atomic E-state index is 11.4. The monoisotopic (exact) mass is 195 g/mol. The summed E-state index contributed by atoms with van der Waals surface area (Å²) in [6.07, 6.45) is 2.38. The van der Waals surface area contributed by atoms with Gasteiger partial charge in [-0.3, -0.25) is 4.79 Å². The zero-order chi connectivity index (χ0) is 9.42. The third kappa shape index (κ3) is 1.31. The van der Waals surface area contributed by atoms with Crippen molar-refractivity contribution in [1.82, 2.24) is 0 Å². The molecule has 1 aromatic carbocycles. The molecule has 0 saturated carbocycles. The fourth-order valence-electron chi connectivity index (χ4n) is 1.71. The lowest BCUT2D eigenvalue weighted by Crippen LogP contribution is -2.11. The van der Waals surface area contributed by atoms with Gasteiger partial charge in [0.15, 0.2) is 5.78 Å². The van der Waals surface area contributed by atoms with Gasteiger partial charge in [0.25, 0.3) is 0 Å². The van der Waals surface area contributed by atoms with Crippen LogP contribution in [0.15, 0.2) is 12.1 Å². The number of rotatable bonds is 0. The Balaban J connectivity index is 2.63. The molecule has 0 spiro atoms. The van der Waals surface area contributed by atoms with E-state index in [9.17, 15) is 4.79 Å². The molecule has 2 rings (SSSR count). The molecule has 0 bridgehead atoms. The number of hydrogen-bond donors (Lipinski definition) is 1. The van der Waals surface area contributed by atoms with Crippen molar-refractivity contribution in [2.45, 2.75) is 19.3 Å². The average Bonchev–Trinajstić information content (AvgIpc) is 2.12. The quantitative estimate of drug-likeness (QED) is 0.647. The smallest absolute Gasteiger partial charge is 0.163 e. The molecule has 0 fully saturated rings. The molecule has 2 nitrogen and oxygen atoms in total. The zero-order valence-electron chi connectivity index (χ0n) is 7.14. The molecule has 0 saturated heterocycles. The third-order valence-corrected chi connectivity index (χ3v) is 2.85. The van der Waals surface area contributed by atoms with E-state index in [1.807, 2.05) is 0 Å². The highest BCUT2D eigenvalue weighted by atomic mass is 35.5. The second kappa shape index (κ2) is 3.04. The molecule has 0 aromatic heterocycles. The van der Waals surface area contributed by atoms with Crippen molar-refractivity contribution in [2.75, 3.05) is 5.73 Å². The first kappa shape index (κ1) is 8.57. The molecule has 1 aliphatic rings. The predicted octanol–water partition coefficient (Wildman–Crippen LogP) is 2.44. The lowest BCUT2D eigenvalue weighted by Gasteiger charge is -2.16. The lowest BCUT2D eigenvalue weighted by atomic mass is 9.90. The van der Waals surface area contributed by atoms with Gasteiger partial charge in [-0.25, -0.2) is 0 Å². The summed E-state index contributed by atoms with van der Waals surface area (Å²) in [5.74, 6) is 0.183. The third-order valence-electron chi connectivity index (χ3n) is 2.40. The number of fused-ring (bicyclic) bond motifs is 1. The Labute approximate surface area is 81.7 Å². The van der Waals surface area contributed by atoms with Gasteiger partial charge in [0.05, 0.1) is 10.7 Å². The van der Waals surface area contributed by atoms with E-state index in [-0.39, 0.29) is 5.78 Å². The van der Waals surface area contributed by atoms with Crippen LogP contribution >= 0.6 is 11.6 Å². The summed E-state index contributed by atoms with van der Waals surface area (Å²) in [5.41, 5.74) is 7.89. The Kier molecular flexibility index (Phi) is 2.00. The van der Waals surface area contributed by atoms with Crippen LogP contribution in [0.4, 0.5) is 5.69 Å². The topological polar surface area (TPSA) is 43.1 Å². The zero-order valence-corrected chi connectivity index (χ0v) is 7.90. The van der Waals surface area contributed by atoms with E-state index in [0.29, 0.717) is 17.1 Å². The number of benzene rings is 1. The summed E-state index contributed by atoms with van der Waals surface area (Å²) in [6.45, 7) is 0. The van der Waals surface area contributed by atoms with Crippen LogP contribution in [0, 0.1) is 0 Å². The molecular formula is C10H10ClNO. The molecule has 68 valence electrons. The number of nitrogen functional groups attached to an aromatic ring is 1. The Morgan fingerprint density at radius 1 is 1.31 bits per heavy atom. The highest BCUT2D eigenvalue weighted by Gasteiger charge is 2.19. The van der Waals surface area contributed by atoms with E-state index < -0.39 is 0 Å². The van der Waals surface area contributed by atoms with E-state index in [1.54, 1.807) is 12.1 Å². The normalized spacial score (nSPS) is 15.6. The van der Waals surface area contributed by atoms with E-state index in [2.05, 4.69) is 0 Å². The molecule has 0 aliphatic heterocycles. The summed E-state index contributed by atoms with van der Waals surface area (Å²) in [4.78, 5) is 11.4. The molecule has 13 heavy (non-hydrogen) atoms. The fraction of sp³-hybridized carbons (Fsp3) is 0.300. The number of nitrogens with two attached hydrogens (primary N) is 1. The van der Waals surface area contributed by atoms with E-state index >= 15 is 0 Å². The van der Waals surface area contributed by atoms with E-state index in [1.165, 1.54) is 0 Å². The number of ketones is 1. The molecule has 1 aliphatic carbocycles. The van der Waals surface area contributed by atoms with Crippen molar-refractivity contribution < 1.29 is 4.79 Å². The minimum Gasteiger partial charge on any atom is -0.398 e. The van der Waals surface area contributed by atoms with Gasteiger partial charge >= 0.3 is 0 Å². The number of carbonyl (C=O) groups is 1. The number of Topliss-reactive ketones (excluding diaryl/α,β-unsaturated/α-hetero) is 1. The Bertz CT molecular complexity index is 373. The number of anilines is 1. The lowest BCUT2D eigenvalue weighted by molar-refractivity contribution is 0.0972. The summed E-state index contributed by atoms with van der Waals surface area (Å²) >= 11 is 6.00. The molecule has 0 radical (unpaired) electrons. The van der Waals surface area contributed by atoms with Crippen LogP contribution in [-0.2, 0) is 6.42 Å². The Hall–Kier alpha value is -1.02. The van der Waals surface area contributed by atoms with Crippen LogP contribution in [0.1, 0.15) is 28.8 Å². The standard InChI is InChI=1S/C10H10ClNO/c11-10-7-2-1-3-9(13)6(7)4-5-8(10)12/h4-5H,1-3,12H2. The number of halogens is 1. The molecule has 3 heteroatoms. The second-order valence-corrected chi connectivity index (χ2v) is 3.65. The van der Waals surface area contributed by atoms with Crippen molar-refractivity contribution >= 4 is 23.1 Å². The van der Waals surface area contributed by atoms with Crippen LogP contribution in [-0.4, -0.2) is 5.78 Å². The maximum Gasteiger partial charge on any atom is 0.163 e. The molecule has 0 heterocycles. The Morgan fingerprint density at radius 3 is 2.85 bits per heavy atom. The molecular weight excluding hydrogens is 186 g/mol. The van der Waals surface area contributed by atoms with Crippen LogP contribution in [0.3, 0.4) is 0 Å². The SMILES string of the molecule is Nc1ccc2c(c1Cl)CCCC2=O. The average molecular weight is 196 g/mol. The molecule has 2 N–H and O–H groups in total. The van der Waals surface area contributed by atoms with Gasteiger partial charge in [0, 0.05) is 12.0 Å². The first-order valence-corrected chi connectivity index (χ1v) is 4.68. The van der Waals surface area contributed by atoms with Gasteiger partial charge in [-0.05, 0) is 30.5 Å². The van der Waals surface area contributed by atoms with Crippen molar-refractivity contribution in [3.8, 4) is 0 Å². The van der Waals surface area contributed by atoms with Gasteiger partial charge in [0.2, 0.25) is 0 Å². The van der Waals surface area contributed by atoms with Crippen LogP contribution < -0.4 is 5.73 Å². The molecule has 0 atom stereocenters. The van der Waals surface area contributed by atoms with E-state index in [0.717, 1.165) is 24.0 Å². The van der Waals surface area contributed by atoms with Crippen molar-refractivity contribution in [1.29, 1.82) is 0 Å². The fourth-order valence-corrected chi connectivity index (χ4v) is 1.96. The molecule has 0 unspecified atom stereocenters. The summed E-state index contributed by atoms with van der Waals surface area (Å²) in [5, 5.41) is 0.561. The van der Waals surface area contributed by atoms with Crippen LogP contribution in [0.2, 0.25) is 5.02 Å². The first-order valence-electron chi connectivity index (χ1n) is 4.30. The summed E-state index contributed by atoms with van der Waals surface area (Å²) in [7, 11) is 0. The predicted molar refractivity (Wildman–Crippen MR) is 53.1 cm³/mol. The van der Waals surface area contributed by atoms with Crippen LogP contribution in [0.25, 0.3) is 0 Å². The number of hydrogen-bond acceptors (Lipinski definition) is 2. The Morgan fingerprint density at radius 2 is 2.08 bits per heavy atom. The first-order chi connectivity index (χ1) is 6.20. The van der Waals surface area contributed by atoms with Crippen molar-refractivity contribution in [3.05, 3.63) is 28.3 Å². The minimum atomic E-state index is 0.183. The largest absolute Gasteiger partial charge is 0.398 e. The summed E-state index contributed by atoms with van der Waals surface area (Å²) in [6, 6.07) is 3.47. The maximum absolute atomic E-state index is 11.4. The van der Waals surface area contributed by atoms with Gasteiger partial charge < -0.3 is 5.73 Å². The number of carbonyl (C=O) groups excluding carboxylic acids is 1. The minimum absolute atomic E-state index is 0.183. The second-order valence-electron chi connectivity index (χ2n) is 3.27. The molecule has 0 amide bonds. The van der Waals surface area contributed by atoms with Gasteiger partial charge in [-0.2, -0.15) is 0 Å².